The number of nitrogens with zero attached hydrogens (tertiary/aromatic N) is 4. The second-order valence-corrected chi connectivity index (χ2v) is 7.37. The molecular weight excluding hydrogens is 332 g/mol. The topological polar surface area (TPSA) is 50.5 Å². The highest BCUT2D eigenvalue weighted by atomic mass is 32.1. The van der Waals surface area contributed by atoms with Gasteiger partial charge in [0.15, 0.2) is 0 Å². The fourth-order valence-electron chi connectivity index (χ4n) is 2.83. The van der Waals surface area contributed by atoms with Gasteiger partial charge in [-0.1, -0.05) is 55.0 Å². The molecule has 0 saturated carbocycles. The summed E-state index contributed by atoms with van der Waals surface area (Å²) in [7, 11) is 0. The molecule has 0 aliphatic heterocycles. The number of hydrogen-bond acceptors (Lipinski definition) is 5. The standard InChI is InChI=1S/C19H24N4OS/c1-4-10-22(12-15-8-6-14(3)7-9-15)13-16-11-18(24)23-19(20-16)25-17(5-2)21-23/h6-9,11H,4-5,10,12-13H2,1-3H3. The molecule has 0 unspecified atom stereocenters. The Morgan fingerprint density at radius 1 is 1.16 bits per heavy atom. The summed E-state index contributed by atoms with van der Waals surface area (Å²) in [5.41, 5.74) is 3.27. The molecule has 0 atom stereocenters. The van der Waals surface area contributed by atoms with E-state index in [1.165, 1.54) is 27.0 Å². The minimum absolute atomic E-state index is 0.0947. The van der Waals surface area contributed by atoms with Gasteiger partial charge in [-0.15, -0.1) is 0 Å². The second-order valence-electron chi connectivity index (χ2n) is 6.33. The van der Waals surface area contributed by atoms with Gasteiger partial charge in [0.05, 0.1) is 5.69 Å². The predicted octanol–water partition coefficient (Wildman–Crippen LogP) is 3.43. The van der Waals surface area contributed by atoms with Gasteiger partial charge in [0.25, 0.3) is 5.56 Å². The maximum atomic E-state index is 12.3. The van der Waals surface area contributed by atoms with Crippen LogP contribution in [0.25, 0.3) is 4.96 Å². The molecule has 0 N–H and O–H groups in total. The minimum Gasteiger partial charge on any atom is -0.293 e. The highest BCUT2D eigenvalue weighted by Gasteiger charge is 2.12. The molecule has 5 nitrogen and oxygen atoms in total. The summed E-state index contributed by atoms with van der Waals surface area (Å²) < 4.78 is 1.41. The molecule has 3 rings (SSSR count). The van der Waals surface area contributed by atoms with Crippen LogP contribution in [0.5, 0.6) is 0 Å². The zero-order valence-corrected chi connectivity index (χ0v) is 15.8. The maximum absolute atomic E-state index is 12.3. The van der Waals surface area contributed by atoms with E-state index in [0.29, 0.717) is 11.5 Å². The Bertz CT molecular complexity index is 898. The molecule has 0 fully saturated rings. The van der Waals surface area contributed by atoms with Gasteiger partial charge in [-0.25, -0.2) is 4.98 Å². The van der Waals surface area contributed by atoms with Crippen molar-refractivity contribution in [3.05, 3.63) is 62.5 Å². The molecule has 0 radical (unpaired) electrons. The smallest absolute Gasteiger partial charge is 0.275 e. The van der Waals surface area contributed by atoms with Crippen LogP contribution in [0, 0.1) is 6.92 Å². The molecule has 6 heteroatoms. The Kier molecular flexibility index (Phi) is 5.60. The van der Waals surface area contributed by atoms with Gasteiger partial charge < -0.3 is 0 Å². The van der Waals surface area contributed by atoms with Gasteiger partial charge in [-0.2, -0.15) is 9.61 Å². The molecule has 25 heavy (non-hydrogen) atoms. The molecule has 1 aromatic carbocycles. The summed E-state index contributed by atoms with van der Waals surface area (Å²) >= 11 is 1.49. The van der Waals surface area contributed by atoms with E-state index in [4.69, 9.17) is 0 Å². The zero-order chi connectivity index (χ0) is 17.8. The largest absolute Gasteiger partial charge is 0.293 e. The number of rotatable bonds is 7. The molecule has 2 aromatic heterocycles. The third-order valence-corrected chi connectivity index (χ3v) is 5.15. The van der Waals surface area contributed by atoms with Crippen LogP contribution < -0.4 is 5.56 Å². The van der Waals surface area contributed by atoms with Crippen LogP contribution in [0.2, 0.25) is 0 Å². The molecule has 0 spiro atoms. The first-order chi connectivity index (χ1) is 12.1. The van der Waals surface area contributed by atoms with Crippen molar-refractivity contribution in [3.8, 4) is 0 Å². The predicted molar refractivity (Wildman–Crippen MR) is 102 cm³/mol. The first-order valence-corrected chi connectivity index (χ1v) is 9.57. The lowest BCUT2D eigenvalue weighted by atomic mass is 10.1. The van der Waals surface area contributed by atoms with Crippen molar-refractivity contribution in [2.45, 2.75) is 46.7 Å². The highest BCUT2D eigenvalue weighted by Crippen LogP contribution is 2.14. The average Bonchev–Trinajstić information content (AvgIpc) is 3.01. The van der Waals surface area contributed by atoms with Crippen molar-refractivity contribution < 1.29 is 0 Å². The van der Waals surface area contributed by atoms with Crippen molar-refractivity contribution >= 4 is 16.3 Å². The van der Waals surface area contributed by atoms with Gasteiger partial charge in [-0.3, -0.25) is 9.69 Å². The van der Waals surface area contributed by atoms with Gasteiger partial charge in [-0.05, 0) is 31.9 Å². The van der Waals surface area contributed by atoms with Crippen LogP contribution in [-0.4, -0.2) is 26.0 Å². The van der Waals surface area contributed by atoms with Crippen LogP contribution in [0.15, 0.2) is 35.1 Å². The molecule has 0 aliphatic rings. The van der Waals surface area contributed by atoms with Crippen LogP contribution in [0.4, 0.5) is 0 Å². The number of aromatic nitrogens is 3. The van der Waals surface area contributed by atoms with Crippen molar-refractivity contribution in [2.24, 2.45) is 0 Å². The van der Waals surface area contributed by atoms with Crippen molar-refractivity contribution in [3.63, 3.8) is 0 Å². The third-order valence-electron chi connectivity index (χ3n) is 4.09. The Hall–Kier alpha value is -2.05. The lowest BCUT2D eigenvalue weighted by molar-refractivity contribution is 0.254. The van der Waals surface area contributed by atoms with Gasteiger partial charge in [0.1, 0.15) is 5.01 Å². The summed E-state index contributed by atoms with van der Waals surface area (Å²) in [5.74, 6) is 0. The SMILES string of the molecule is CCCN(Cc1ccc(C)cc1)Cc1cc(=O)n2nc(CC)sc2n1. The van der Waals surface area contributed by atoms with Crippen molar-refractivity contribution in [1.29, 1.82) is 0 Å². The van der Waals surface area contributed by atoms with Crippen molar-refractivity contribution in [1.82, 2.24) is 19.5 Å². The molecule has 0 aliphatic carbocycles. The Balaban J connectivity index is 1.82. The Morgan fingerprint density at radius 3 is 2.60 bits per heavy atom. The van der Waals surface area contributed by atoms with E-state index in [2.05, 4.69) is 53.1 Å². The molecule has 2 heterocycles. The summed E-state index contributed by atoms with van der Waals surface area (Å²) in [6, 6.07) is 10.2. The van der Waals surface area contributed by atoms with E-state index in [1.807, 2.05) is 6.92 Å². The van der Waals surface area contributed by atoms with Crippen molar-refractivity contribution in [2.75, 3.05) is 6.54 Å². The zero-order valence-electron chi connectivity index (χ0n) is 15.0. The Morgan fingerprint density at radius 2 is 1.92 bits per heavy atom. The first kappa shape index (κ1) is 17.8. The van der Waals surface area contributed by atoms with E-state index >= 15 is 0 Å². The summed E-state index contributed by atoms with van der Waals surface area (Å²) in [4.78, 5) is 20.0. The number of fused-ring (bicyclic) bond motifs is 1. The van der Waals surface area contributed by atoms with Gasteiger partial charge in [0.2, 0.25) is 4.96 Å². The maximum Gasteiger partial charge on any atom is 0.275 e. The van der Waals surface area contributed by atoms with E-state index in [9.17, 15) is 4.79 Å². The average molecular weight is 356 g/mol. The summed E-state index contributed by atoms with van der Waals surface area (Å²) in [6.07, 6.45) is 1.88. The van der Waals surface area contributed by atoms with E-state index in [-0.39, 0.29) is 5.56 Å². The quantitative estimate of drug-likeness (QED) is 0.651. The van der Waals surface area contributed by atoms with E-state index in [0.717, 1.165) is 36.6 Å². The molecule has 0 amide bonds. The lowest BCUT2D eigenvalue weighted by Gasteiger charge is -2.21. The summed E-state index contributed by atoms with van der Waals surface area (Å²) in [6.45, 7) is 8.81. The fourth-order valence-corrected chi connectivity index (χ4v) is 3.69. The fraction of sp³-hybridized carbons (Fsp3) is 0.421. The second kappa shape index (κ2) is 7.89. The van der Waals surface area contributed by atoms with E-state index in [1.54, 1.807) is 6.07 Å². The molecule has 0 saturated heterocycles. The minimum atomic E-state index is -0.0947. The third kappa shape index (κ3) is 4.32. The lowest BCUT2D eigenvalue weighted by Crippen LogP contribution is -2.26. The normalized spacial score (nSPS) is 11.5. The highest BCUT2D eigenvalue weighted by molar-refractivity contribution is 7.16. The monoisotopic (exact) mass is 356 g/mol. The number of benzene rings is 1. The molecule has 3 aromatic rings. The van der Waals surface area contributed by atoms with Crippen LogP contribution in [-0.2, 0) is 19.5 Å². The molecular formula is C19H24N4OS. The first-order valence-electron chi connectivity index (χ1n) is 8.75. The van der Waals surface area contributed by atoms with Gasteiger partial charge in [0, 0.05) is 19.2 Å². The van der Waals surface area contributed by atoms with Crippen LogP contribution in [0.3, 0.4) is 0 Å². The number of aryl methyl sites for hydroxylation is 2. The number of hydrogen-bond donors (Lipinski definition) is 0. The molecule has 0 bridgehead atoms. The van der Waals surface area contributed by atoms with E-state index < -0.39 is 0 Å². The van der Waals surface area contributed by atoms with Crippen LogP contribution >= 0.6 is 11.3 Å². The Labute approximate surface area is 152 Å². The van der Waals surface area contributed by atoms with Gasteiger partial charge >= 0.3 is 0 Å². The summed E-state index contributed by atoms with van der Waals surface area (Å²) in [5, 5.41) is 5.25. The van der Waals surface area contributed by atoms with Crippen LogP contribution in [0.1, 0.15) is 42.1 Å². The molecule has 132 valence electrons.